The molecule has 0 atom stereocenters. The Hall–Kier alpha value is -7.64. The maximum Gasteiger partial charge on any atom is 0.164 e. The lowest BCUT2D eigenvalue weighted by Gasteiger charge is -2.15. The molecule has 0 aliphatic carbocycles. The van der Waals surface area contributed by atoms with Crippen molar-refractivity contribution in [2.75, 3.05) is 0 Å². The summed E-state index contributed by atoms with van der Waals surface area (Å²) in [6.07, 6.45) is 3.53. The zero-order valence-electron chi connectivity index (χ0n) is 29.1. The van der Waals surface area contributed by atoms with Gasteiger partial charge in [-0.25, -0.2) is 15.0 Å². The molecule has 55 heavy (non-hydrogen) atoms. The molecule has 7 nitrogen and oxygen atoms in total. The number of furan rings is 2. The van der Waals surface area contributed by atoms with Crippen molar-refractivity contribution in [1.82, 2.24) is 24.5 Å². The third-order valence-corrected chi connectivity index (χ3v) is 10.8. The van der Waals surface area contributed by atoms with Crippen molar-refractivity contribution in [3.05, 3.63) is 164 Å². The minimum Gasteiger partial charge on any atom is -0.456 e. The van der Waals surface area contributed by atoms with Gasteiger partial charge in [-0.3, -0.25) is 4.98 Å². The predicted molar refractivity (Wildman–Crippen MR) is 220 cm³/mol. The van der Waals surface area contributed by atoms with Crippen LogP contribution >= 0.6 is 0 Å². The molecule has 0 radical (unpaired) electrons. The molecule has 0 saturated carbocycles. The minimum absolute atomic E-state index is 0.542. The first-order chi connectivity index (χ1) is 27.2. The molecule has 0 unspecified atom stereocenters. The van der Waals surface area contributed by atoms with Crippen LogP contribution in [0.2, 0.25) is 0 Å². The molecule has 256 valence electrons. The fourth-order valence-electron chi connectivity index (χ4n) is 8.25. The van der Waals surface area contributed by atoms with Crippen molar-refractivity contribution in [1.29, 1.82) is 0 Å². The molecule has 0 aliphatic rings. The first-order valence-corrected chi connectivity index (χ1v) is 18.2. The van der Waals surface area contributed by atoms with Crippen LogP contribution in [0.25, 0.3) is 116 Å². The van der Waals surface area contributed by atoms with Crippen molar-refractivity contribution < 1.29 is 8.83 Å². The number of para-hydroxylation sites is 3. The lowest BCUT2D eigenvalue weighted by molar-refractivity contribution is 0.667. The van der Waals surface area contributed by atoms with E-state index in [1.165, 1.54) is 10.8 Å². The summed E-state index contributed by atoms with van der Waals surface area (Å²) in [6.45, 7) is 0. The van der Waals surface area contributed by atoms with Crippen molar-refractivity contribution in [3.8, 4) is 39.9 Å². The molecule has 0 spiro atoms. The van der Waals surface area contributed by atoms with Crippen molar-refractivity contribution in [2.24, 2.45) is 0 Å². The van der Waals surface area contributed by atoms with Gasteiger partial charge in [0.15, 0.2) is 23.1 Å². The van der Waals surface area contributed by atoms with Crippen molar-refractivity contribution >= 4 is 76.5 Å². The molecule has 7 heteroatoms. The Labute approximate surface area is 312 Å². The molecule has 0 N–H and O–H groups in total. The number of fused-ring (bicyclic) bond motifs is 10. The van der Waals surface area contributed by atoms with Gasteiger partial charge in [0.25, 0.3) is 0 Å². The Balaban J connectivity index is 1.09. The molecule has 0 fully saturated rings. The highest BCUT2D eigenvalue weighted by molar-refractivity contribution is 6.12. The summed E-state index contributed by atoms with van der Waals surface area (Å²) in [7, 11) is 0. The van der Waals surface area contributed by atoms with E-state index in [0.29, 0.717) is 17.5 Å². The summed E-state index contributed by atoms with van der Waals surface area (Å²) >= 11 is 0. The van der Waals surface area contributed by atoms with E-state index >= 15 is 0 Å². The molecular formula is C48H27N5O2. The summed E-state index contributed by atoms with van der Waals surface area (Å²) in [4.78, 5) is 19.8. The van der Waals surface area contributed by atoms with Crippen LogP contribution in [0.5, 0.6) is 0 Å². The molecule has 0 saturated heterocycles. The van der Waals surface area contributed by atoms with Crippen LogP contribution in [-0.4, -0.2) is 24.5 Å². The Kier molecular flexibility index (Phi) is 6.21. The molecule has 0 amide bonds. The summed E-state index contributed by atoms with van der Waals surface area (Å²) in [5, 5.41) is 8.72. The van der Waals surface area contributed by atoms with Crippen molar-refractivity contribution in [2.45, 2.75) is 0 Å². The van der Waals surface area contributed by atoms with Crippen LogP contribution in [0.15, 0.2) is 173 Å². The van der Waals surface area contributed by atoms with Crippen LogP contribution in [0.4, 0.5) is 0 Å². The van der Waals surface area contributed by atoms with Gasteiger partial charge in [0.1, 0.15) is 16.7 Å². The Bertz CT molecular complexity index is 3330. The number of rotatable bonds is 4. The van der Waals surface area contributed by atoms with Gasteiger partial charge in [-0.05, 0) is 66.0 Å². The highest BCUT2D eigenvalue weighted by Gasteiger charge is 2.20. The van der Waals surface area contributed by atoms with Crippen LogP contribution < -0.4 is 0 Å². The number of hydrogen-bond donors (Lipinski definition) is 0. The molecule has 0 bridgehead atoms. The average Bonchev–Trinajstić information content (AvgIpc) is 3.92. The zero-order valence-corrected chi connectivity index (χ0v) is 29.1. The van der Waals surface area contributed by atoms with Gasteiger partial charge in [0.2, 0.25) is 0 Å². The normalized spacial score (nSPS) is 12.0. The van der Waals surface area contributed by atoms with Gasteiger partial charge < -0.3 is 13.4 Å². The van der Waals surface area contributed by atoms with Crippen LogP contribution in [0.1, 0.15) is 0 Å². The second kappa shape index (κ2) is 11.4. The standard InChI is InChI=1S/C48H27N5O2/c1-2-10-31-30(9-1)38(21-22-41(31)53-39-14-6-3-11-32(39)33-12-4-7-15-40(33)53)48-51-46(28-17-19-35-34-13-5-8-16-42(34)54-43(35)25-28)50-47(52-48)29-18-20-36-37-23-24-49-27-45(37)55-44(36)26-29/h1-27H. The number of benzene rings is 7. The Morgan fingerprint density at radius 1 is 0.382 bits per heavy atom. The van der Waals surface area contributed by atoms with Gasteiger partial charge >= 0.3 is 0 Å². The molecule has 12 rings (SSSR count). The lowest BCUT2D eigenvalue weighted by Crippen LogP contribution is -2.01. The third-order valence-electron chi connectivity index (χ3n) is 10.8. The number of aromatic nitrogens is 5. The number of hydrogen-bond acceptors (Lipinski definition) is 6. The molecule has 7 aromatic carbocycles. The fraction of sp³-hybridized carbons (Fsp3) is 0. The Morgan fingerprint density at radius 3 is 1.60 bits per heavy atom. The van der Waals surface area contributed by atoms with Gasteiger partial charge in [0.05, 0.1) is 22.9 Å². The van der Waals surface area contributed by atoms with E-state index in [1.807, 2.05) is 42.5 Å². The van der Waals surface area contributed by atoms with Crippen LogP contribution in [0.3, 0.4) is 0 Å². The smallest absolute Gasteiger partial charge is 0.164 e. The minimum atomic E-state index is 0.542. The predicted octanol–water partition coefficient (Wildman–Crippen LogP) is 12.3. The van der Waals surface area contributed by atoms with Crippen molar-refractivity contribution in [3.63, 3.8) is 0 Å². The topological polar surface area (TPSA) is 82.8 Å². The maximum atomic E-state index is 6.30. The molecular weight excluding hydrogens is 679 g/mol. The summed E-state index contributed by atoms with van der Waals surface area (Å²) in [6, 6.07) is 52.4. The second-order valence-corrected chi connectivity index (χ2v) is 13.8. The highest BCUT2D eigenvalue weighted by Crippen LogP contribution is 2.39. The maximum absolute atomic E-state index is 6.30. The summed E-state index contributed by atoms with van der Waals surface area (Å²) in [5.74, 6) is 1.66. The second-order valence-electron chi connectivity index (χ2n) is 13.8. The van der Waals surface area contributed by atoms with Crippen LogP contribution in [0, 0.1) is 0 Å². The van der Waals surface area contributed by atoms with E-state index in [2.05, 4.69) is 119 Å². The molecule has 0 aliphatic heterocycles. The fourth-order valence-corrected chi connectivity index (χ4v) is 8.25. The monoisotopic (exact) mass is 705 g/mol. The van der Waals surface area contributed by atoms with E-state index in [9.17, 15) is 0 Å². The van der Waals surface area contributed by atoms with E-state index in [4.69, 9.17) is 23.8 Å². The Morgan fingerprint density at radius 2 is 0.909 bits per heavy atom. The number of pyridine rings is 1. The molecule has 12 aromatic rings. The summed E-state index contributed by atoms with van der Waals surface area (Å²) < 4.78 is 14.9. The SMILES string of the molecule is c1ccc2c(c1)oc1cc(-c3nc(-c4ccc5c(c4)oc4cnccc45)nc(-c4ccc(-n5c6ccccc6c6ccccc65)c5ccccc45)n3)ccc12. The van der Waals surface area contributed by atoms with Gasteiger partial charge in [-0.2, -0.15) is 0 Å². The van der Waals surface area contributed by atoms with Gasteiger partial charge in [0, 0.05) is 60.6 Å². The lowest BCUT2D eigenvalue weighted by atomic mass is 10.0. The van der Waals surface area contributed by atoms with Gasteiger partial charge in [-0.1, -0.05) is 91.0 Å². The first-order valence-electron chi connectivity index (χ1n) is 18.2. The van der Waals surface area contributed by atoms with E-state index < -0.39 is 0 Å². The zero-order chi connectivity index (χ0) is 36.0. The highest BCUT2D eigenvalue weighted by atomic mass is 16.3. The number of nitrogens with zero attached hydrogens (tertiary/aromatic N) is 5. The van der Waals surface area contributed by atoms with E-state index in [1.54, 1.807) is 12.4 Å². The molecule has 5 aromatic heterocycles. The van der Waals surface area contributed by atoms with E-state index in [-0.39, 0.29) is 0 Å². The summed E-state index contributed by atoms with van der Waals surface area (Å²) in [5.41, 5.74) is 9.06. The average molecular weight is 706 g/mol. The largest absolute Gasteiger partial charge is 0.456 e. The van der Waals surface area contributed by atoms with E-state index in [0.717, 1.165) is 88.1 Å². The van der Waals surface area contributed by atoms with Crippen LogP contribution in [-0.2, 0) is 0 Å². The first kappa shape index (κ1) is 29.9. The quantitative estimate of drug-likeness (QED) is 0.181. The molecule has 5 heterocycles. The van der Waals surface area contributed by atoms with Gasteiger partial charge in [-0.15, -0.1) is 0 Å². The third kappa shape index (κ3) is 4.50.